The fourth-order valence-electron chi connectivity index (χ4n) is 4.19. The monoisotopic (exact) mass is 417 g/mol. The highest BCUT2D eigenvalue weighted by molar-refractivity contribution is 6.05. The van der Waals surface area contributed by atoms with Crippen molar-refractivity contribution in [1.82, 2.24) is 4.98 Å². The van der Waals surface area contributed by atoms with Gasteiger partial charge in [-0.2, -0.15) is 0 Å². The number of carbonyl (C=O) groups is 3. The van der Waals surface area contributed by atoms with Crippen LogP contribution in [0.5, 0.6) is 11.5 Å². The molecule has 0 aliphatic carbocycles. The van der Waals surface area contributed by atoms with E-state index >= 15 is 0 Å². The minimum absolute atomic E-state index is 0.120. The number of esters is 1. The van der Waals surface area contributed by atoms with Gasteiger partial charge in [0.05, 0.1) is 5.69 Å². The number of nitrogens with one attached hydrogen (secondary N) is 1. The average Bonchev–Trinajstić information content (AvgIpc) is 3.05. The van der Waals surface area contributed by atoms with Gasteiger partial charge in [-0.1, -0.05) is 36.4 Å². The maximum atomic E-state index is 13.2. The lowest BCUT2D eigenvalue weighted by molar-refractivity contribution is -0.147. The summed E-state index contributed by atoms with van der Waals surface area (Å²) in [5.74, 6) is -0.555. The Morgan fingerprint density at radius 1 is 0.968 bits per heavy atom. The minimum atomic E-state index is -1.02. The molecular weight excluding hydrogens is 394 g/mol. The lowest BCUT2D eigenvalue weighted by Gasteiger charge is -2.27. The van der Waals surface area contributed by atoms with Crippen molar-refractivity contribution >= 4 is 17.5 Å². The van der Waals surface area contributed by atoms with Crippen molar-refractivity contribution in [3.8, 4) is 11.5 Å². The molecule has 2 heterocycles. The molecule has 1 aromatic heterocycles. The van der Waals surface area contributed by atoms with Crippen LogP contribution in [0.25, 0.3) is 0 Å². The highest BCUT2D eigenvalue weighted by Crippen LogP contribution is 2.44. The van der Waals surface area contributed by atoms with E-state index < -0.39 is 18.0 Å². The van der Waals surface area contributed by atoms with Crippen molar-refractivity contribution in [2.24, 2.45) is 0 Å². The molecule has 0 radical (unpaired) electrons. The van der Waals surface area contributed by atoms with Gasteiger partial charge in [0.1, 0.15) is 17.4 Å². The van der Waals surface area contributed by atoms with Crippen LogP contribution >= 0.6 is 0 Å². The van der Waals surface area contributed by atoms with Crippen LogP contribution in [0.2, 0.25) is 0 Å². The quantitative estimate of drug-likeness (QED) is 0.472. The van der Waals surface area contributed by atoms with Gasteiger partial charge in [-0.05, 0) is 45.4 Å². The van der Waals surface area contributed by atoms with Gasteiger partial charge in [0.25, 0.3) is 0 Å². The summed E-state index contributed by atoms with van der Waals surface area (Å²) in [4.78, 5) is 41.1. The second-order valence-electron chi connectivity index (χ2n) is 7.74. The summed E-state index contributed by atoms with van der Waals surface area (Å²) in [6.07, 6.45) is -1.02. The lowest BCUT2D eigenvalue weighted by atomic mass is 9.88. The third-order valence-corrected chi connectivity index (χ3v) is 5.61. The van der Waals surface area contributed by atoms with Crippen molar-refractivity contribution in [3.05, 3.63) is 82.2 Å². The van der Waals surface area contributed by atoms with E-state index in [2.05, 4.69) is 4.98 Å². The van der Waals surface area contributed by atoms with E-state index in [-0.39, 0.29) is 17.3 Å². The number of rotatable bonds is 5. The zero-order chi connectivity index (χ0) is 22.3. The molecule has 6 heteroatoms. The second kappa shape index (κ2) is 7.87. The molecule has 1 aliphatic heterocycles. The molecule has 31 heavy (non-hydrogen) atoms. The largest absolute Gasteiger partial charge is 0.457 e. The number of aromatic nitrogens is 1. The van der Waals surface area contributed by atoms with E-state index in [9.17, 15) is 14.4 Å². The number of aryl methyl sites for hydroxylation is 1. The molecule has 0 saturated carbocycles. The van der Waals surface area contributed by atoms with Gasteiger partial charge < -0.3 is 14.5 Å². The zero-order valence-electron chi connectivity index (χ0n) is 17.8. The summed E-state index contributed by atoms with van der Waals surface area (Å²) in [7, 11) is 0. The fraction of sp³-hybridized carbons (Fsp3) is 0.240. The number of ether oxygens (including phenoxy) is 2. The molecule has 3 aromatic rings. The summed E-state index contributed by atoms with van der Waals surface area (Å²) >= 11 is 0. The van der Waals surface area contributed by atoms with Gasteiger partial charge in [-0.3, -0.25) is 14.4 Å². The van der Waals surface area contributed by atoms with E-state index in [4.69, 9.17) is 9.47 Å². The first-order valence-electron chi connectivity index (χ1n) is 10.1. The van der Waals surface area contributed by atoms with Crippen molar-refractivity contribution in [2.45, 2.75) is 39.7 Å². The standard InChI is InChI=1S/C25H23NO5/c1-13-21(15(3)27)14(2)26-23(13)24(28)16(4)30-25(29)22-17-9-5-7-11-19(17)31-20-12-8-6-10-18(20)22/h5-12,16,22,26H,1-4H3/t16-/m0/s1. The first kappa shape index (κ1) is 20.6. The molecule has 1 atom stereocenters. The van der Waals surface area contributed by atoms with Crippen LogP contribution in [0.3, 0.4) is 0 Å². The van der Waals surface area contributed by atoms with Crippen molar-refractivity contribution in [2.75, 3.05) is 0 Å². The van der Waals surface area contributed by atoms with Crippen LogP contribution in [-0.4, -0.2) is 28.6 Å². The van der Waals surface area contributed by atoms with Gasteiger partial charge in [-0.25, -0.2) is 0 Å². The van der Waals surface area contributed by atoms with Crippen LogP contribution in [0.15, 0.2) is 48.5 Å². The molecule has 0 bridgehead atoms. The Balaban J connectivity index is 1.63. The second-order valence-corrected chi connectivity index (χ2v) is 7.74. The van der Waals surface area contributed by atoms with Crippen LogP contribution in [-0.2, 0) is 9.53 Å². The number of carbonyl (C=O) groups excluding carboxylic acids is 3. The van der Waals surface area contributed by atoms with Gasteiger partial charge in [0.15, 0.2) is 11.9 Å². The van der Waals surface area contributed by atoms with Crippen LogP contribution in [0, 0.1) is 13.8 Å². The molecule has 0 saturated heterocycles. The maximum Gasteiger partial charge on any atom is 0.318 e. The van der Waals surface area contributed by atoms with E-state index in [0.29, 0.717) is 39.4 Å². The molecule has 1 aliphatic rings. The average molecular weight is 417 g/mol. The Morgan fingerprint density at radius 3 is 2.03 bits per heavy atom. The van der Waals surface area contributed by atoms with Gasteiger partial charge >= 0.3 is 5.97 Å². The Bertz CT molecular complexity index is 1160. The van der Waals surface area contributed by atoms with E-state index in [1.54, 1.807) is 32.9 Å². The Labute approximate surface area is 180 Å². The predicted octanol–water partition coefficient (Wildman–Crippen LogP) is 4.89. The number of para-hydroxylation sites is 2. The van der Waals surface area contributed by atoms with Crippen molar-refractivity contribution < 1.29 is 23.9 Å². The van der Waals surface area contributed by atoms with E-state index in [0.717, 1.165) is 0 Å². The summed E-state index contributed by atoms with van der Waals surface area (Å²) in [6, 6.07) is 14.6. The Morgan fingerprint density at radius 2 is 1.52 bits per heavy atom. The third-order valence-electron chi connectivity index (χ3n) is 5.61. The fourth-order valence-corrected chi connectivity index (χ4v) is 4.19. The predicted molar refractivity (Wildman–Crippen MR) is 115 cm³/mol. The minimum Gasteiger partial charge on any atom is -0.457 e. The summed E-state index contributed by atoms with van der Waals surface area (Å²) in [5, 5.41) is 0. The lowest BCUT2D eigenvalue weighted by Crippen LogP contribution is -2.29. The Hall–Kier alpha value is -3.67. The van der Waals surface area contributed by atoms with Gasteiger partial charge in [0.2, 0.25) is 5.78 Å². The van der Waals surface area contributed by atoms with E-state index in [1.165, 1.54) is 6.92 Å². The van der Waals surface area contributed by atoms with Gasteiger partial charge in [-0.15, -0.1) is 0 Å². The van der Waals surface area contributed by atoms with Crippen molar-refractivity contribution in [3.63, 3.8) is 0 Å². The molecule has 1 N–H and O–H groups in total. The molecule has 4 rings (SSSR count). The summed E-state index contributed by atoms with van der Waals surface area (Å²) < 4.78 is 11.6. The highest BCUT2D eigenvalue weighted by Gasteiger charge is 2.36. The molecule has 6 nitrogen and oxygen atoms in total. The maximum absolute atomic E-state index is 13.2. The van der Waals surface area contributed by atoms with Crippen LogP contribution in [0.4, 0.5) is 0 Å². The first-order chi connectivity index (χ1) is 14.8. The SMILES string of the molecule is CC(=O)c1c(C)[nH]c(C(=O)[C@H](C)OC(=O)C2c3ccccc3Oc3ccccc32)c1C. The molecule has 0 unspecified atom stereocenters. The van der Waals surface area contributed by atoms with E-state index in [1.807, 2.05) is 36.4 Å². The zero-order valence-corrected chi connectivity index (χ0v) is 17.8. The number of fused-ring (bicyclic) bond motifs is 2. The number of benzene rings is 2. The Kier molecular flexibility index (Phi) is 5.23. The molecule has 0 fully saturated rings. The van der Waals surface area contributed by atoms with Gasteiger partial charge in [0, 0.05) is 22.4 Å². The number of Topliss-reactive ketones (excluding diaryl/α,β-unsaturated/α-hetero) is 2. The topological polar surface area (TPSA) is 85.5 Å². The number of hydrogen-bond donors (Lipinski definition) is 1. The number of aromatic amines is 1. The third kappa shape index (κ3) is 3.54. The summed E-state index contributed by atoms with van der Waals surface area (Å²) in [6.45, 7) is 6.46. The molecule has 0 amide bonds. The van der Waals surface area contributed by atoms with Crippen LogP contribution in [0.1, 0.15) is 63.0 Å². The van der Waals surface area contributed by atoms with Crippen LogP contribution < -0.4 is 4.74 Å². The smallest absolute Gasteiger partial charge is 0.318 e. The normalized spacial score (nSPS) is 13.5. The molecule has 0 spiro atoms. The molecule has 158 valence electrons. The molecular formula is C25H23NO5. The number of H-pyrrole nitrogens is 1. The highest BCUT2D eigenvalue weighted by atomic mass is 16.5. The number of hydrogen-bond acceptors (Lipinski definition) is 5. The molecule has 2 aromatic carbocycles. The van der Waals surface area contributed by atoms with Crippen molar-refractivity contribution in [1.29, 1.82) is 0 Å². The summed E-state index contributed by atoms with van der Waals surface area (Å²) in [5.41, 5.74) is 3.36. The first-order valence-corrected chi connectivity index (χ1v) is 10.1. The number of ketones is 2.